The molecule has 0 spiro atoms. The Bertz CT molecular complexity index is 544. The van der Waals surface area contributed by atoms with Gasteiger partial charge in [-0.25, -0.2) is 9.18 Å². The van der Waals surface area contributed by atoms with Crippen LogP contribution in [-0.2, 0) is 11.8 Å². The number of halogens is 2. The monoisotopic (exact) mass is 377 g/mol. The smallest absolute Gasteiger partial charge is 0.410 e. The summed E-state index contributed by atoms with van der Waals surface area (Å²) >= 11 is 3.35. The lowest BCUT2D eigenvalue weighted by Crippen LogP contribution is -2.42. The van der Waals surface area contributed by atoms with E-state index >= 15 is 0 Å². The summed E-state index contributed by atoms with van der Waals surface area (Å²) in [6.07, 6.45) is 0.255. The van der Waals surface area contributed by atoms with Crippen LogP contribution in [0, 0.1) is 0 Å². The van der Waals surface area contributed by atoms with E-state index in [0.717, 1.165) is 0 Å². The van der Waals surface area contributed by atoms with E-state index in [0.29, 0.717) is 10.4 Å². The van der Waals surface area contributed by atoms with E-state index in [4.69, 9.17) is 9.47 Å². The van der Waals surface area contributed by atoms with E-state index < -0.39 is 17.9 Å². The summed E-state index contributed by atoms with van der Waals surface area (Å²) in [6.45, 7) is 5.59. The molecule has 0 saturated carbocycles. The summed E-state index contributed by atoms with van der Waals surface area (Å²) in [5.74, 6) is 0.564. The first-order chi connectivity index (χ1) is 10.2. The van der Waals surface area contributed by atoms with Crippen molar-refractivity contribution >= 4 is 22.0 Å². The average molecular weight is 378 g/mol. The van der Waals surface area contributed by atoms with Crippen LogP contribution in [0.15, 0.2) is 10.8 Å². The summed E-state index contributed by atoms with van der Waals surface area (Å²) in [6, 6.07) is -0.350. The largest absolute Gasteiger partial charge is 0.487 e. The van der Waals surface area contributed by atoms with Gasteiger partial charge >= 0.3 is 6.09 Å². The van der Waals surface area contributed by atoms with Crippen molar-refractivity contribution in [3.05, 3.63) is 10.8 Å². The lowest BCUT2D eigenvalue weighted by Gasteiger charge is -2.28. The Morgan fingerprint density at radius 2 is 2.23 bits per heavy atom. The molecule has 22 heavy (non-hydrogen) atoms. The molecule has 6 nitrogen and oxygen atoms in total. The summed E-state index contributed by atoms with van der Waals surface area (Å²) in [7, 11) is 1.77. The Labute approximate surface area is 137 Å². The fourth-order valence-corrected chi connectivity index (χ4v) is 2.56. The molecule has 8 heteroatoms. The van der Waals surface area contributed by atoms with Gasteiger partial charge in [-0.3, -0.25) is 9.58 Å². The molecule has 0 unspecified atom stereocenters. The fraction of sp³-hybridized carbons (Fsp3) is 0.714. The minimum Gasteiger partial charge on any atom is -0.487 e. The third kappa shape index (κ3) is 4.12. The topological polar surface area (TPSA) is 56.6 Å². The summed E-state index contributed by atoms with van der Waals surface area (Å²) in [5, 5.41) is 4.04. The van der Waals surface area contributed by atoms with Gasteiger partial charge < -0.3 is 9.47 Å². The van der Waals surface area contributed by atoms with Gasteiger partial charge in [-0.2, -0.15) is 5.10 Å². The van der Waals surface area contributed by atoms with Crippen LogP contribution in [0.1, 0.15) is 27.2 Å². The Morgan fingerprint density at radius 3 is 2.77 bits per heavy atom. The van der Waals surface area contributed by atoms with Crippen molar-refractivity contribution in [2.24, 2.45) is 7.05 Å². The second-order valence-electron chi connectivity index (χ2n) is 6.35. The molecule has 1 saturated heterocycles. The van der Waals surface area contributed by atoms with Crippen LogP contribution >= 0.6 is 15.9 Å². The van der Waals surface area contributed by atoms with E-state index in [2.05, 4.69) is 21.0 Å². The molecule has 0 bridgehead atoms. The Balaban J connectivity index is 1.99. The van der Waals surface area contributed by atoms with Crippen LogP contribution in [0.4, 0.5) is 9.18 Å². The van der Waals surface area contributed by atoms with E-state index in [9.17, 15) is 9.18 Å². The lowest BCUT2D eigenvalue weighted by molar-refractivity contribution is 0.0181. The number of aryl methyl sites for hydroxylation is 1. The highest BCUT2D eigenvalue weighted by molar-refractivity contribution is 9.10. The summed E-state index contributed by atoms with van der Waals surface area (Å²) < 4.78 is 27.0. The number of aromatic nitrogens is 2. The fourth-order valence-electron chi connectivity index (χ4n) is 2.25. The van der Waals surface area contributed by atoms with Gasteiger partial charge in [0.15, 0.2) is 5.75 Å². The predicted octanol–water partition coefficient (Wildman–Crippen LogP) is 2.91. The molecule has 2 heterocycles. The molecule has 0 aromatic carbocycles. The first-order valence-corrected chi connectivity index (χ1v) is 7.90. The third-order valence-corrected chi connectivity index (χ3v) is 4.16. The summed E-state index contributed by atoms with van der Waals surface area (Å²) in [5.41, 5.74) is -0.608. The quantitative estimate of drug-likeness (QED) is 0.812. The highest BCUT2D eigenvalue weighted by atomic mass is 79.9. The van der Waals surface area contributed by atoms with Gasteiger partial charge in [0.1, 0.15) is 23.0 Å². The number of alkyl halides is 1. The molecule has 0 aliphatic carbocycles. The zero-order valence-electron chi connectivity index (χ0n) is 13.2. The molecule has 0 radical (unpaired) electrons. The predicted molar refractivity (Wildman–Crippen MR) is 82.6 cm³/mol. The van der Waals surface area contributed by atoms with Crippen molar-refractivity contribution in [2.75, 3.05) is 13.2 Å². The van der Waals surface area contributed by atoms with Gasteiger partial charge in [0.2, 0.25) is 0 Å². The Kier molecular flexibility index (Phi) is 4.99. The van der Waals surface area contributed by atoms with Gasteiger partial charge in [-0.05, 0) is 36.7 Å². The van der Waals surface area contributed by atoms with E-state index in [-0.39, 0.29) is 25.6 Å². The van der Waals surface area contributed by atoms with E-state index in [1.54, 1.807) is 38.7 Å². The van der Waals surface area contributed by atoms with Crippen molar-refractivity contribution in [3.8, 4) is 5.75 Å². The zero-order valence-corrected chi connectivity index (χ0v) is 14.8. The number of nitrogens with zero attached hydrogens (tertiary/aromatic N) is 3. The number of hydrogen-bond acceptors (Lipinski definition) is 4. The minimum absolute atomic E-state index is 0.0388. The molecule has 1 fully saturated rings. The number of carbonyl (C=O) groups excluding carboxylic acids is 1. The van der Waals surface area contributed by atoms with Gasteiger partial charge in [-0.15, -0.1) is 0 Å². The normalized spacial score (nSPS) is 22.0. The molecule has 124 valence electrons. The number of carbonyl (C=O) groups is 1. The van der Waals surface area contributed by atoms with Crippen molar-refractivity contribution in [1.29, 1.82) is 0 Å². The van der Waals surface area contributed by atoms with Crippen molar-refractivity contribution < 1.29 is 18.7 Å². The molecule has 1 aromatic rings. The zero-order chi connectivity index (χ0) is 16.5. The molecule has 1 aromatic heterocycles. The second kappa shape index (κ2) is 6.44. The van der Waals surface area contributed by atoms with Crippen molar-refractivity contribution in [3.63, 3.8) is 0 Å². The maximum atomic E-state index is 13.7. The first-order valence-electron chi connectivity index (χ1n) is 7.11. The average Bonchev–Trinajstić information content (AvgIpc) is 2.90. The lowest BCUT2D eigenvalue weighted by atomic mass is 10.2. The second-order valence-corrected chi connectivity index (χ2v) is 7.10. The van der Waals surface area contributed by atoms with Crippen molar-refractivity contribution in [2.45, 2.75) is 45.0 Å². The van der Waals surface area contributed by atoms with Crippen LogP contribution in [0.5, 0.6) is 5.75 Å². The Morgan fingerprint density at radius 1 is 1.55 bits per heavy atom. The molecule has 1 aliphatic rings. The van der Waals surface area contributed by atoms with Gasteiger partial charge in [0.25, 0.3) is 0 Å². The molecule has 1 aliphatic heterocycles. The van der Waals surface area contributed by atoms with Gasteiger partial charge in [0.05, 0.1) is 18.8 Å². The van der Waals surface area contributed by atoms with Crippen LogP contribution in [0.3, 0.4) is 0 Å². The molecular formula is C14H21BrFN3O3. The molecule has 2 atom stereocenters. The third-order valence-electron chi connectivity index (χ3n) is 3.26. The summed E-state index contributed by atoms with van der Waals surface area (Å²) in [4.78, 5) is 13.6. The van der Waals surface area contributed by atoms with Crippen LogP contribution in [0.2, 0.25) is 0 Å². The molecular weight excluding hydrogens is 357 g/mol. The van der Waals surface area contributed by atoms with E-state index in [1.165, 1.54) is 4.90 Å². The van der Waals surface area contributed by atoms with Crippen molar-refractivity contribution in [1.82, 2.24) is 14.7 Å². The van der Waals surface area contributed by atoms with Gasteiger partial charge in [-0.1, -0.05) is 0 Å². The standard InChI is InChI=1S/C14H21BrFN3O3/c1-14(2,3)22-13(20)19-7-9(16)5-10(19)8-21-11-6-17-18(4)12(11)15/h6,9-10H,5,7-8H2,1-4H3/t9-,10-/m1/s1. The van der Waals surface area contributed by atoms with E-state index in [1.807, 2.05) is 0 Å². The molecule has 0 N–H and O–H groups in total. The van der Waals surface area contributed by atoms with Crippen LogP contribution < -0.4 is 4.74 Å². The number of ether oxygens (including phenoxy) is 2. The maximum Gasteiger partial charge on any atom is 0.410 e. The first kappa shape index (κ1) is 17.1. The molecule has 2 rings (SSSR count). The number of amides is 1. The number of hydrogen-bond donors (Lipinski definition) is 0. The maximum absolute atomic E-state index is 13.7. The Hall–Kier alpha value is -1.31. The van der Waals surface area contributed by atoms with Crippen LogP contribution in [-0.4, -0.2) is 51.7 Å². The minimum atomic E-state index is -1.06. The van der Waals surface area contributed by atoms with Crippen LogP contribution in [0.25, 0.3) is 0 Å². The molecule has 1 amide bonds. The highest BCUT2D eigenvalue weighted by Crippen LogP contribution is 2.27. The SMILES string of the molecule is Cn1ncc(OC[C@H]2C[C@@H](F)CN2C(=O)OC(C)(C)C)c1Br. The highest BCUT2D eigenvalue weighted by Gasteiger charge is 2.38. The van der Waals surface area contributed by atoms with Gasteiger partial charge in [0, 0.05) is 13.5 Å². The number of rotatable bonds is 3. The number of likely N-dealkylation sites (tertiary alicyclic amines) is 1.